The summed E-state index contributed by atoms with van der Waals surface area (Å²) in [7, 11) is 0. The van der Waals surface area contributed by atoms with Crippen molar-refractivity contribution in [2.75, 3.05) is 11.9 Å². The van der Waals surface area contributed by atoms with E-state index in [0.29, 0.717) is 17.8 Å². The number of nitrogens with zero attached hydrogens (tertiary/aromatic N) is 2. The molecule has 0 unspecified atom stereocenters. The van der Waals surface area contributed by atoms with E-state index in [1.165, 1.54) is 6.33 Å². The molecule has 1 heterocycles. The predicted molar refractivity (Wildman–Crippen MR) is 73.3 cm³/mol. The molecule has 0 aliphatic heterocycles. The summed E-state index contributed by atoms with van der Waals surface area (Å²) >= 11 is 0. The number of anilines is 1. The van der Waals surface area contributed by atoms with Gasteiger partial charge in [-0.2, -0.15) is 5.10 Å². The van der Waals surface area contributed by atoms with Crippen LogP contribution in [0.4, 0.5) is 5.69 Å². The van der Waals surface area contributed by atoms with Crippen LogP contribution in [0.15, 0.2) is 43.2 Å². The van der Waals surface area contributed by atoms with Crippen molar-refractivity contribution in [2.45, 2.75) is 0 Å². The molecule has 0 fully saturated rings. The zero-order chi connectivity index (χ0) is 14.4. The fraction of sp³-hybridized carbons (Fsp3) is 0.0769. The first-order chi connectivity index (χ1) is 9.70. The van der Waals surface area contributed by atoms with Gasteiger partial charge in [0.15, 0.2) is 0 Å². The number of hydrogen-bond donors (Lipinski definition) is 3. The van der Waals surface area contributed by atoms with Crippen LogP contribution in [-0.2, 0) is 0 Å². The summed E-state index contributed by atoms with van der Waals surface area (Å²) in [6.07, 6.45) is 2.85. The number of carbonyl (C=O) groups excluding carboxylic acids is 2. The third kappa shape index (κ3) is 3.29. The van der Waals surface area contributed by atoms with Crippen LogP contribution >= 0.6 is 0 Å². The third-order valence-electron chi connectivity index (χ3n) is 2.44. The summed E-state index contributed by atoms with van der Waals surface area (Å²) < 4.78 is 0. The second-order valence-electron chi connectivity index (χ2n) is 3.86. The number of hydrogen-bond acceptors (Lipinski definition) is 4. The molecule has 1 aromatic carbocycles. The maximum atomic E-state index is 11.7. The number of benzene rings is 1. The van der Waals surface area contributed by atoms with Crippen LogP contribution in [0.5, 0.6) is 0 Å². The molecule has 0 aliphatic carbocycles. The van der Waals surface area contributed by atoms with Crippen molar-refractivity contribution in [3.63, 3.8) is 0 Å². The van der Waals surface area contributed by atoms with Gasteiger partial charge in [-0.15, -0.1) is 6.58 Å². The van der Waals surface area contributed by atoms with Gasteiger partial charge in [0, 0.05) is 17.8 Å². The van der Waals surface area contributed by atoms with Crippen molar-refractivity contribution in [1.29, 1.82) is 0 Å². The summed E-state index contributed by atoms with van der Waals surface area (Å²) in [5, 5.41) is 11.4. The summed E-state index contributed by atoms with van der Waals surface area (Å²) in [6, 6.07) is 6.51. The first-order valence-electron chi connectivity index (χ1n) is 5.86. The Hall–Kier alpha value is -2.96. The number of amides is 2. The van der Waals surface area contributed by atoms with Gasteiger partial charge in [-0.05, 0) is 24.3 Å². The van der Waals surface area contributed by atoms with Crippen molar-refractivity contribution < 1.29 is 9.59 Å². The molecule has 102 valence electrons. The van der Waals surface area contributed by atoms with E-state index in [4.69, 9.17) is 0 Å². The smallest absolute Gasteiger partial charge is 0.292 e. The molecule has 0 atom stereocenters. The Morgan fingerprint density at radius 2 is 2.00 bits per heavy atom. The van der Waals surface area contributed by atoms with Gasteiger partial charge in [0.25, 0.3) is 11.8 Å². The Labute approximate surface area is 115 Å². The molecule has 2 aromatic rings. The number of nitrogens with one attached hydrogen (secondary N) is 3. The number of H-pyrrole nitrogens is 1. The van der Waals surface area contributed by atoms with Gasteiger partial charge >= 0.3 is 0 Å². The van der Waals surface area contributed by atoms with Gasteiger partial charge in [0.05, 0.1) is 0 Å². The maximum Gasteiger partial charge on any atom is 0.292 e. The topological polar surface area (TPSA) is 99.8 Å². The second kappa shape index (κ2) is 6.28. The van der Waals surface area contributed by atoms with Crippen LogP contribution in [0.3, 0.4) is 0 Å². The van der Waals surface area contributed by atoms with Crippen molar-refractivity contribution in [3.8, 4) is 0 Å². The number of carbonyl (C=O) groups is 2. The fourth-order valence-electron chi connectivity index (χ4n) is 1.48. The van der Waals surface area contributed by atoms with Crippen molar-refractivity contribution in [3.05, 3.63) is 54.6 Å². The summed E-state index contributed by atoms with van der Waals surface area (Å²) in [5.41, 5.74) is 1.07. The van der Waals surface area contributed by atoms with Crippen molar-refractivity contribution >= 4 is 17.5 Å². The lowest BCUT2D eigenvalue weighted by atomic mass is 10.2. The molecule has 20 heavy (non-hydrogen) atoms. The summed E-state index contributed by atoms with van der Waals surface area (Å²) in [5.74, 6) is -0.470. The van der Waals surface area contributed by atoms with Crippen molar-refractivity contribution in [2.24, 2.45) is 0 Å². The molecule has 3 N–H and O–H groups in total. The maximum absolute atomic E-state index is 11.7. The first-order valence-corrected chi connectivity index (χ1v) is 5.86. The lowest BCUT2D eigenvalue weighted by molar-refractivity contribution is 0.0957. The van der Waals surface area contributed by atoms with E-state index in [0.717, 1.165) is 0 Å². The van der Waals surface area contributed by atoms with Gasteiger partial charge in [0.1, 0.15) is 6.33 Å². The van der Waals surface area contributed by atoms with E-state index in [1.54, 1.807) is 30.3 Å². The SMILES string of the molecule is C=CCNC(=O)c1ccc(NC(=O)c2ncn[nH]2)cc1. The van der Waals surface area contributed by atoms with E-state index in [-0.39, 0.29) is 11.7 Å². The Balaban J connectivity index is 1.99. The van der Waals surface area contributed by atoms with Crippen LogP contribution in [0.1, 0.15) is 21.0 Å². The molecule has 0 radical (unpaired) electrons. The second-order valence-corrected chi connectivity index (χ2v) is 3.86. The Bertz CT molecular complexity index is 604. The number of rotatable bonds is 5. The lowest BCUT2D eigenvalue weighted by Crippen LogP contribution is -2.23. The van der Waals surface area contributed by atoms with E-state index in [2.05, 4.69) is 32.4 Å². The molecule has 0 spiro atoms. The highest BCUT2D eigenvalue weighted by molar-refractivity contribution is 6.02. The van der Waals surface area contributed by atoms with Gasteiger partial charge in [-0.3, -0.25) is 14.7 Å². The highest BCUT2D eigenvalue weighted by Crippen LogP contribution is 2.10. The summed E-state index contributed by atoms with van der Waals surface area (Å²) in [6.45, 7) is 3.93. The van der Waals surface area contributed by atoms with Gasteiger partial charge in [0.2, 0.25) is 5.82 Å². The highest BCUT2D eigenvalue weighted by Gasteiger charge is 2.09. The minimum Gasteiger partial charge on any atom is -0.349 e. The quantitative estimate of drug-likeness (QED) is 0.705. The number of aromatic amines is 1. The van der Waals surface area contributed by atoms with E-state index in [9.17, 15) is 9.59 Å². The Kier molecular flexibility index (Phi) is 4.23. The average molecular weight is 271 g/mol. The average Bonchev–Trinajstić information content (AvgIpc) is 3.00. The highest BCUT2D eigenvalue weighted by atomic mass is 16.2. The largest absolute Gasteiger partial charge is 0.349 e. The standard InChI is InChI=1S/C13H13N5O2/c1-2-7-14-12(19)9-3-5-10(6-4-9)17-13(20)11-15-8-16-18-11/h2-6,8H,1,7H2,(H,14,19)(H,17,20)(H,15,16,18). The van der Waals surface area contributed by atoms with Crippen LogP contribution in [0.25, 0.3) is 0 Å². The molecule has 0 saturated carbocycles. The lowest BCUT2D eigenvalue weighted by Gasteiger charge is -2.05. The minimum atomic E-state index is -0.397. The number of aromatic nitrogens is 3. The van der Waals surface area contributed by atoms with E-state index >= 15 is 0 Å². The molecule has 7 nitrogen and oxygen atoms in total. The van der Waals surface area contributed by atoms with Gasteiger partial charge in [-0.1, -0.05) is 6.08 Å². The van der Waals surface area contributed by atoms with Crippen LogP contribution < -0.4 is 10.6 Å². The molecular formula is C13H13N5O2. The van der Waals surface area contributed by atoms with Crippen LogP contribution in [0.2, 0.25) is 0 Å². The Morgan fingerprint density at radius 1 is 1.25 bits per heavy atom. The molecule has 1 aromatic heterocycles. The Morgan fingerprint density at radius 3 is 2.60 bits per heavy atom. The summed E-state index contributed by atoms with van der Waals surface area (Å²) in [4.78, 5) is 27.1. The van der Waals surface area contributed by atoms with Gasteiger partial charge in [-0.25, -0.2) is 4.98 Å². The normalized spacial score (nSPS) is 9.80. The molecular weight excluding hydrogens is 258 g/mol. The van der Waals surface area contributed by atoms with Crippen LogP contribution in [0, 0.1) is 0 Å². The van der Waals surface area contributed by atoms with E-state index < -0.39 is 5.91 Å². The molecule has 7 heteroatoms. The minimum absolute atomic E-state index is 0.123. The van der Waals surface area contributed by atoms with Crippen LogP contribution in [-0.4, -0.2) is 33.5 Å². The zero-order valence-corrected chi connectivity index (χ0v) is 10.6. The molecule has 2 rings (SSSR count). The predicted octanol–water partition coefficient (Wildman–Crippen LogP) is 0.973. The molecule has 2 amide bonds. The zero-order valence-electron chi connectivity index (χ0n) is 10.6. The monoisotopic (exact) mass is 271 g/mol. The van der Waals surface area contributed by atoms with Gasteiger partial charge < -0.3 is 10.6 Å². The fourth-order valence-corrected chi connectivity index (χ4v) is 1.48. The van der Waals surface area contributed by atoms with E-state index in [1.807, 2.05) is 0 Å². The molecule has 0 saturated heterocycles. The molecule has 0 aliphatic rings. The molecule has 0 bridgehead atoms. The third-order valence-corrected chi connectivity index (χ3v) is 2.44. The first kappa shape index (κ1) is 13.5. The van der Waals surface area contributed by atoms with Crippen molar-refractivity contribution in [1.82, 2.24) is 20.5 Å².